The molecule has 0 rings (SSSR count). The minimum absolute atomic E-state index is 0.905. The molecule has 0 aromatic carbocycles. The molecule has 0 amide bonds. The van der Waals surface area contributed by atoms with Gasteiger partial charge in [0, 0.05) is 5.38 Å². The third-order valence-electron chi connectivity index (χ3n) is 1.43. The van der Waals surface area contributed by atoms with E-state index in [0.29, 0.717) is 0 Å². The highest BCUT2D eigenvalue weighted by atomic mass is 35.5. The molecule has 14 heavy (non-hydrogen) atoms. The van der Waals surface area contributed by atoms with Gasteiger partial charge in [-0.05, 0) is 17.6 Å². The van der Waals surface area contributed by atoms with Crippen LogP contribution in [0.1, 0.15) is 13.8 Å². The predicted molar refractivity (Wildman–Crippen MR) is 46.7 cm³/mol. The number of alkyl halides is 1. The Balaban J connectivity index is 5.38. The highest BCUT2D eigenvalue weighted by Gasteiger charge is 2.40. The van der Waals surface area contributed by atoms with Gasteiger partial charge in [0.05, 0.1) is 6.04 Å². The largest absolute Gasteiger partial charge is 0.390 e. The van der Waals surface area contributed by atoms with Crippen molar-refractivity contribution in [2.24, 2.45) is 0 Å². The van der Waals surface area contributed by atoms with Gasteiger partial charge in [-0.1, -0.05) is 7.77 Å². The van der Waals surface area contributed by atoms with Crippen LogP contribution in [-0.4, -0.2) is 32.0 Å². The predicted octanol–water partition coefficient (Wildman–Crippen LogP) is 0.733. The third-order valence-corrected chi connectivity index (χ3v) is 4.38. The van der Waals surface area contributed by atoms with Crippen LogP contribution in [0.4, 0.5) is 7.77 Å². The number of hydrogen-bond acceptors (Lipinski definition) is 4. The second-order valence-corrected chi connectivity index (χ2v) is 5.88. The Hall–Kier alpha value is 0.01000. The van der Waals surface area contributed by atoms with E-state index in [0.717, 1.165) is 6.92 Å². The minimum atomic E-state index is -5.68. The Morgan fingerprint density at radius 3 is 1.43 bits per heavy atom. The van der Waals surface area contributed by atoms with Crippen molar-refractivity contribution in [3.05, 3.63) is 0 Å². The van der Waals surface area contributed by atoms with Crippen LogP contribution in [0.15, 0.2) is 0 Å². The fraction of sp³-hybridized carbons (Fsp3) is 1.00. The van der Waals surface area contributed by atoms with Crippen LogP contribution >= 0.6 is 11.6 Å². The molecule has 0 spiro atoms. The fourth-order valence-corrected chi connectivity index (χ4v) is 2.93. The molecule has 0 aromatic rings. The van der Waals surface area contributed by atoms with Gasteiger partial charge in [-0.2, -0.15) is 16.8 Å². The molecule has 0 aliphatic rings. The standard InChI is InChI=1S/C4H8ClF2NO4S2/c1-3(5)4(2)8(13(6,9)10)14(7,11)12/h3-4H,1-2H3. The van der Waals surface area contributed by atoms with Gasteiger partial charge in [-0.3, -0.25) is 0 Å². The maximum atomic E-state index is 12.4. The molecule has 0 bridgehead atoms. The van der Waals surface area contributed by atoms with Crippen molar-refractivity contribution < 1.29 is 24.6 Å². The van der Waals surface area contributed by atoms with Crippen molar-refractivity contribution in [2.45, 2.75) is 25.3 Å². The third kappa shape index (κ3) is 3.64. The SMILES string of the molecule is CC(Cl)C(C)N(S(=O)(=O)F)S(=O)(=O)F. The van der Waals surface area contributed by atoms with E-state index in [1.54, 1.807) is 0 Å². The molecule has 0 aliphatic heterocycles. The summed E-state index contributed by atoms with van der Waals surface area (Å²) in [4.78, 5) is 0. The van der Waals surface area contributed by atoms with Gasteiger partial charge in [0.2, 0.25) is 0 Å². The van der Waals surface area contributed by atoms with Gasteiger partial charge < -0.3 is 0 Å². The number of rotatable bonds is 4. The highest BCUT2D eigenvalue weighted by molar-refractivity contribution is 7.99. The lowest BCUT2D eigenvalue weighted by molar-refractivity contribution is 0.393. The molecule has 0 aliphatic carbocycles. The quantitative estimate of drug-likeness (QED) is 0.558. The first-order valence-electron chi connectivity index (χ1n) is 3.30. The highest BCUT2D eigenvalue weighted by Crippen LogP contribution is 2.20. The zero-order chi connectivity index (χ0) is 11.7. The van der Waals surface area contributed by atoms with Gasteiger partial charge >= 0.3 is 20.8 Å². The first-order chi connectivity index (χ1) is 5.98. The van der Waals surface area contributed by atoms with E-state index < -0.39 is 35.9 Å². The summed E-state index contributed by atoms with van der Waals surface area (Å²) >= 11 is 5.33. The van der Waals surface area contributed by atoms with Crippen molar-refractivity contribution in [2.75, 3.05) is 0 Å². The van der Waals surface area contributed by atoms with Crippen molar-refractivity contribution in [1.82, 2.24) is 3.71 Å². The van der Waals surface area contributed by atoms with Crippen LogP contribution in [-0.2, 0) is 20.8 Å². The van der Waals surface area contributed by atoms with Crippen LogP contribution in [0.3, 0.4) is 0 Å². The maximum absolute atomic E-state index is 12.4. The summed E-state index contributed by atoms with van der Waals surface area (Å²) < 4.78 is 65.1. The van der Waals surface area contributed by atoms with Crippen molar-refractivity contribution in [1.29, 1.82) is 0 Å². The molecule has 10 heteroatoms. The molecule has 86 valence electrons. The normalized spacial score (nSPS) is 18.1. The van der Waals surface area contributed by atoms with E-state index in [1.807, 2.05) is 0 Å². The fourth-order valence-electron chi connectivity index (χ4n) is 0.671. The van der Waals surface area contributed by atoms with E-state index in [4.69, 9.17) is 11.6 Å². The van der Waals surface area contributed by atoms with E-state index in [9.17, 15) is 24.6 Å². The second kappa shape index (κ2) is 4.25. The van der Waals surface area contributed by atoms with E-state index in [2.05, 4.69) is 0 Å². The average Bonchev–Trinajstić information content (AvgIpc) is 1.79. The Kier molecular flexibility index (Phi) is 4.25. The minimum Gasteiger partial charge on any atom is -0.176 e. The molecule has 2 atom stereocenters. The Bertz CT molecular complexity index is 360. The van der Waals surface area contributed by atoms with Gasteiger partial charge in [0.25, 0.3) is 0 Å². The number of nitrogens with zero attached hydrogens (tertiary/aromatic N) is 1. The molecule has 5 nitrogen and oxygen atoms in total. The topological polar surface area (TPSA) is 71.5 Å². The maximum Gasteiger partial charge on any atom is 0.390 e. The van der Waals surface area contributed by atoms with Gasteiger partial charge in [0.15, 0.2) is 0 Å². The van der Waals surface area contributed by atoms with Crippen molar-refractivity contribution >= 4 is 32.4 Å². The summed E-state index contributed by atoms with van der Waals surface area (Å²) in [6, 6.07) is -1.54. The lowest BCUT2D eigenvalue weighted by atomic mass is 10.3. The average molecular weight is 272 g/mol. The molecule has 0 radical (unpaired) electrons. The zero-order valence-corrected chi connectivity index (χ0v) is 9.57. The van der Waals surface area contributed by atoms with Gasteiger partial charge in [0.1, 0.15) is 0 Å². The summed E-state index contributed by atoms with van der Waals surface area (Å²) in [5.41, 5.74) is 0. The first kappa shape index (κ1) is 14.0. The molecule has 0 saturated carbocycles. The van der Waals surface area contributed by atoms with E-state index in [-0.39, 0.29) is 0 Å². The molecule has 0 heterocycles. The number of halogens is 3. The van der Waals surface area contributed by atoms with Crippen molar-refractivity contribution in [3.63, 3.8) is 0 Å². The molecule has 0 aromatic heterocycles. The molecule has 2 unspecified atom stereocenters. The van der Waals surface area contributed by atoms with Crippen LogP contribution < -0.4 is 0 Å². The lowest BCUT2D eigenvalue weighted by Crippen LogP contribution is -2.43. The summed E-state index contributed by atoms with van der Waals surface area (Å²) in [5.74, 6) is 0. The van der Waals surface area contributed by atoms with Crippen LogP contribution in [0, 0.1) is 0 Å². The molecular formula is C4H8ClF2NO4S2. The first-order valence-corrected chi connectivity index (χ1v) is 6.42. The Morgan fingerprint density at radius 2 is 1.36 bits per heavy atom. The summed E-state index contributed by atoms with van der Waals surface area (Å²) in [6.45, 7) is 2.17. The lowest BCUT2D eigenvalue weighted by Gasteiger charge is -2.21. The Morgan fingerprint density at radius 1 is 1.07 bits per heavy atom. The summed E-state index contributed by atoms with van der Waals surface area (Å²) in [5, 5.41) is -1.06. The van der Waals surface area contributed by atoms with Crippen LogP contribution in [0.2, 0.25) is 0 Å². The Labute approximate surface area is 86.3 Å². The summed E-state index contributed by atoms with van der Waals surface area (Å²) in [7, 11) is -11.4. The van der Waals surface area contributed by atoms with E-state index >= 15 is 0 Å². The van der Waals surface area contributed by atoms with Crippen LogP contribution in [0.25, 0.3) is 0 Å². The van der Waals surface area contributed by atoms with Crippen LogP contribution in [0.5, 0.6) is 0 Å². The van der Waals surface area contributed by atoms with Gasteiger partial charge in [-0.15, -0.1) is 11.6 Å². The smallest absolute Gasteiger partial charge is 0.176 e. The zero-order valence-electron chi connectivity index (χ0n) is 7.19. The molecule has 0 saturated heterocycles. The number of hydrogen-bond donors (Lipinski definition) is 0. The summed E-state index contributed by atoms with van der Waals surface area (Å²) in [6.07, 6.45) is 0. The monoisotopic (exact) mass is 271 g/mol. The van der Waals surface area contributed by atoms with E-state index in [1.165, 1.54) is 6.92 Å². The molecular weight excluding hydrogens is 264 g/mol. The van der Waals surface area contributed by atoms with Crippen molar-refractivity contribution in [3.8, 4) is 0 Å². The molecule has 0 N–H and O–H groups in total. The second-order valence-electron chi connectivity index (χ2n) is 2.53. The van der Waals surface area contributed by atoms with Gasteiger partial charge in [-0.25, -0.2) is 0 Å². The molecule has 0 fully saturated rings.